The van der Waals surface area contributed by atoms with Crippen LogP contribution >= 0.6 is 0 Å². The van der Waals surface area contributed by atoms with Gasteiger partial charge in [-0.15, -0.1) is 0 Å². The van der Waals surface area contributed by atoms with E-state index in [1.807, 2.05) is 0 Å². The number of rotatable bonds is 3. The van der Waals surface area contributed by atoms with Crippen molar-refractivity contribution in [1.82, 2.24) is 5.73 Å². The third-order valence-electron chi connectivity index (χ3n) is 1.65. The molecule has 1 aromatic carbocycles. The number of aliphatic carboxylic acids is 1. The van der Waals surface area contributed by atoms with E-state index in [9.17, 15) is 9.18 Å². The van der Waals surface area contributed by atoms with Gasteiger partial charge in [-0.25, -0.2) is 10.1 Å². The Bertz CT molecular complexity index is 297. The van der Waals surface area contributed by atoms with Crippen LogP contribution in [0.1, 0.15) is 5.56 Å². The third kappa shape index (κ3) is 2.83. The fraction of sp³-hybridized carbons (Fsp3) is 0.222. The van der Waals surface area contributed by atoms with Crippen molar-refractivity contribution < 1.29 is 14.3 Å². The van der Waals surface area contributed by atoms with E-state index in [2.05, 4.69) is 0 Å². The van der Waals surface area contributed by atoms with Crippen molar-refractivity contribution in [1.29, 1.82) is 0 Å². The molecule has 0 unspecified atom stereocenters. The summed E-state index contributed by atoms with van der Waals surface area (Å²) in [5, 5.41) is 8.44. The molecule has 0 bridgehead atoms. The van der Waals surface area contributed by atoms with E-state index in [1.54, 1.807) is 0 Å². The lowest BCUT2D eigenvalue weighted by molar-refractivity contribution is -0.138. The van der Waals surface area contributed by atoms with Crippen LogP contribution in [0.3, 0.4) is 0 Å². The zero-order valence-electron chi connectivity index (χ0n) is 6.83. The zero-order valence-corrected chi connectivity index (χ0v) is 6.83. The van der Waals surface area contributed by atoms with Crippen molar-refractivity contribution in [3.05, 3.63) is 35.6 Å². The minimum Gasteiger partial charge on any atom is -0.480 e. The standard InChI is InChI=1S/C9H9FNO2/c10-7-3-1-6(2-4-7)5-8(11)9(12)13/h1-4,8,11H,5H2,(H,12,13)/t8-/m1/s1. The first-order chi connectivity index (χ1) is 6.09. The SMILES string of the molecule is [NH][C@H](Cc1ccc(F)cc1)C(=O)O. The molecule has 2 N–H and O–H groups in total. The number of benzene rings is 1. The van der Waals surface area contributed by atoms with E-state index in [0.717, 1.165) is 0 Å². The maximum atomic E-state index is 12.4. The van der Waals surface area contributed by atoms with Crippen LogP contribution in [-0.2, 0) is 11.2 Å². The molecule has 1 rings (SSSR count). The number of nitrogens with one attached hydrogen (secondary N) is 1. The Labute approximate surface area is 75.0 Å². The number of carboxylic acid groups (broad SMARTS) is 1. The lowest BCUT2D eigenvalue weighted by Crippen LogP contribution is -2.23. The molecule has 0 aliphatic heterocycles. The molecule has 0 aliphatic rings. The third-order valence-corrected chi connectivity index (χ3v) is 1.65. The van der Waals surface area contributed by atoms with E-state index in [-0.39, 0.29) is 12.2 Å². The Morgan fingerprint density at radius 3 is 2.46 bits per heavy atom. The van der Waals surface area contributed by atoms with Gasteiger partial charge in [0.25, 0.3) is 0 Å². The van der Waals surface area contributed by atoms with Crippen molar-refractivity contribution >= 4 is 5.97 Å². The molecule has 1 radical (unpaired) electrons. The lowest BCUT2D eigenvalue weighted by atomic mass is 10.1. The number of halogens is 1. The molecule has 1 atom stereocenters. The summed E-state index contributed by atoms with van der Waals surface area (Å²) in [4.78, 5) is 10.3. The van der Waals surface area contributed by atoms with Crippen molar-refractivity contribution in [2.24, 2.45) is 0 Å². The largest absolute Gasteiger partial charge is 0.480 e. The minimum atomic E-state index is -1.18. The molecule has 69 valence electrons. The van der Waals surface area contributed by atoms with Gasteiger partial charge in [0, 0.05) is 0 Å². The fourth-order valence-corrected chi connectivity index (χ4v) is 0.944. The Morgan fingerprint density at radius 2 is 2.00 bits per heavy atom. The van der Waals surface area contributed by atoms with Crippen LogP contribution in [0.15, 0.2) is 24.3 Å². The van der Waals surface area contributed by atoms with Gasteiger partial charge in [-0.05, 0) is 24.1 Å². The summed E-state index contributed by atoms with van der Waals surface area (Å²) in [6, 6.07) is 4.30. The van der Waals surface area contributed by atoms with Crippen molar-refractivity contribution in [2.75, 3.05) is 0 Å². The van der Waals surface area contributed by atoms with Crippen molar-refractivity contribution in [3.8, 4) is 0 Å². The number of carbonyl (C=O) groups is 1. The molecular formula is C9H9FNO2. The predicted molar refractivity (Wildman–Crippen MR) is 44.6 cm³/mol. The number of hydrogen-bond acceptors (Lipinski definition) is 1. The Kier molecular flexibility index (Phi) is 2.97. The molecular weight excluding hydrogens is 173 g/mol. The first-order valence-electron chi connectivity index (χ1n) is 3.78. The summed E-state index contributed by atoms with van der Waals surface area (Å²) in [6.45, 7) is 0. The molecule has 0 saturated heterocycles. The highest BCUT2D eigenvalue weighted by Gasteiger charge is 2.12. The molecule has 1 aromatic rings. The van der Waals surface area contributed by atoms with Crippen LogP contribution in [0, 0.1) is 5.82 Å². The van der Waals surface area contributed by atoms with E-state index >= 15 is 0 Å². The molecule has 0 spiro atoms. The van der Waals surface area contributed by atoms with Gasteiger partial charge in [0.15, 0.2) is 0 Å². The molecule has 3 nitrogen and oxygen atoms in total. The van der Waals surface area contributed by atoms with Gasteiger partial charge >= 0.3 is 5.97 Å². The van der Waals surface area contributed by atoms with Crippen LogP contribution < -0.4 is 5.73 Å². The Balaban J connectivity index is 2.64. The quantitative estimate of drug-likeness (QED) is 0.760. The molecule has 0 fully saturated rings. The van der Waals surface area contributed by atoms with Gasteiger partial charge in [-0.2, -0.15) is 0 Å². The number of carboxylic acids is 1. The van der Waals surface area contributed by atoms with E-state index in [4.69, 9.17) is 10.8 Å². The smallest absolute Gasteiger partial charge is 0.322 e. The Morgan fingerprint density at radius 1 is 1.46 bits per heavy atom. The topological polar surface area (TPSA) is 61.1 Å². The highest BCUT2D eigenvalue weighted by Crippen LogP contribution is 2.05. The maximum absolute atomic E-state index is 12.4. The predicted octanol–water partition coefficient (Wildman–Crippen LogP) is 1.10. The zero-order chi connectivity index (χ0) is 9.84. The van der Waals surface area contributed by atoms with Crippen LogP contribution in [0.25, 0.3) is 0 Å². The summed E-state index contributed by atoms with van der Waals surface area (Å²) in [6.07, 6.45) is 0.107. The second-order valence-electron chi connectivity index (χ2n) is 2.72. The second kappa shape index (κ2) is 4.00. The van der Waals surface area contributed by atoms with Gasteiger partial charge in [0.05, 0.1) is 0 Å². The summed E-state index contributed by atoms with van der Waals surface area (Å²) in [7, 11) is 0. The van der Waals surface area contributed by atoms with Crippen LogP contribution in [-0.4, -0.2) is 17.1 Å². The Hall–Kier alpha value is -1.42. The van der Waals surface area contributed by atoms with Gasteiger partial charge in [-0.1, -0.05) is 12.1 Å². The number of hydrogen-bond donors (Lipinski definition) is 1. The lowest BCUT2D eigenvalue weighted by Gasteiger charge is -2.04. The molecule has 0 aliphatic carbocycles. The molecule has 0 amide bonds. The minimum absolute atomic E-state index is 0.107. The summed E-state index contributed by atoms with van der Waals surface area (Å²) >= 11 is 0. The first-order valence-corrected chi connectivity index (χ1v) is 3.78. The molecule has 0 aromatic heterocycles. The second-order valence-corrected chi connectivity index (χ2v) is 2.72. The average Bonchev–Trinajstić information content (AvgIpc) is 2.08. The summed E-state index contributed by atoms with van der Waals surface area (Å²) < 4.78 is 12.4. The monoisotopic (exact) mass is 182 g/mol. The average molecular weight is 182 g/mol. The van der Waals surface area contributed by atoms with Gasteiger partial charge < -0.3 is 5.11 Å². The normalized spacial score (nSPS) is 12.5. The highest BCUT2D eigenvalue weighted by molar-refractivity contribution is 5.73. The van der Waals surface area contributed by atoms with Gasteiger partial charge in [-0.3, -0.25) is 4.79 Å². The van der Waals surface area contributed by atoms with Gasteiger partial charge in [0.2, 0.25) is 0 Å². The van der Waals surface area contributed by atoms with Crippen LogP contribution in [0.4, 0.5) is 4.39 Å². The summed E-state index contributed by atoms with van der Waals surface area (Å²) in [5.74, 6) is -1.52. The maximum Gasteiger partial charge on any atom is 0.322 e. The van der Waals surface area contributed by atoms with E-state index < -0.39 is 12.0 Å². The molecule has 13 heavy (non-hydrogen) atoms. The van der Waals surface area contributed by atoms with Crippen LogP contribution in [0.2, 0.25) is 0 Å². The summed E-state index contributed by atoms with van der Waals surface area (Å²) in [5.41, 5.74) is 7.78. The highest BCUT2D eigenvalue weighted by atomic mass is 19.1. The van der Waals surface area contributed by atoms with Gasteiger partial charge in [0.1, 0.15) is 11.9 Å². The molecule has 4 heteroatoms. The molecule has 0 heterocycles. The van der Waals surface area contributed by atoms with Crippen molar-refractivity contribution in [2.45, 2.75) is 12.5 Å². The van der Waals surface area contributed by atoms with Crippen LogP contribution in [0.5, 0.6) is 0 Å². The van der Waals surface area contributed by atoms with Crippen molar-refractivity contribution in [3.63, 3.8) is 0 Å². The first kappa shape index (κ1) is 9.67. The molecule has 0 saturated carbocycles. The van der Waals surface area contributed by atoms with E-state index in [0.29, 0.717) is 5.56 Å². The fourth-order valence-electron chi connectivity index (χ4n) is 0.944. The van der Waals surface area contributed by atoms with E-state index in [1.165, 1.54) is 24.3 Å².